The predicted octanol–water partition coefficient (Wildman–Crippen LogP) is 3.56. The number of hydrogen-bond donors (Lipinski definition) is 0. The first-order valence-electron chi connectivity index (χ1n) is 6.19. The predicted molar refractivity (Wildman–Crippen MR) is 67.2 cm³/mol. The van der Waals surface area contributed by atoms with Gasteiger partial charge in [0.25, 0.3) is 0 Å². The zero-order chi connectivity index (χ0) is 11.1. The zero-order valence-corrected chi connectivity index (χ0v) is 11.3. The third kappa shape index (κ3) is 2.94. The molecule has 2 nitrogen and oxygen atoms in total. The lowest BCUT2D eigenvalue weighted by atomic mass is 10.5. The second-order valence-corrected chi connectivity index (χ2v) is 8.86. The highest BCUT2D eigenvalue weighted by Crippen LogP contribution is 2.25. The van der Waals surface area contributed by atoms with Crippen LogP contribution in [0, 0.1) is 0 Å². The van der Waals surface area contributed by atoms with Gasteiger partial charge in [-0.15, -0.1) is 0 Å². The molecule has 0 unspecified atom stereocenters. The maximum atomic E-state index is 5.61. The average Bonchev–Trinajstić information content (AvgIpc) is 2.72. The molecule has 0 aliphatic carbocycles. The van der Waals surface area contributed by atoms with E-state index in [1.807, 2.05) is 0 Å². The van der Waals surface area contributed by atoms with Gasteiger partial charge in [0.05, 0.1) is 6.20 Å². The molecule has 0 saturated heterocycles. The van der Waals surface area contributed by atoms with Crippen molar-refractivity contribution in [3.63, 3.8) is 0 Å². The van der Waals surface area contributed by atoms with Crippen molar-refractivity contribution in [3.05, 3.63) is 12.5 Å². The smallest absolute Gasteiger partial charge is 0.166 e. The minimum atomic E-state index is -1.40. The maximum absolute atomic E-state index is 5.61. The van der Waals surface area contributed by atoms with Crippen molar-refractivity contribution in [1.29, 1.82) is 0 Å². The van der Waals surface area contributed by atoms with E-state index in [4.69, 9.17) is 4.42 Å². The lowest BCUT2D eigenvalue weighted by Gasteiger charge is -2.27. The molecule has 0 amide bonds. The molecule has 15 heavy (non-hydrogen) atoms. The van der Waals surface area contributed by atoms with Gasteiger partial charge in [-0.1, -0.05) is 40.0 Å². The fraction of sp³-hybridized carbons (Fsp3) is 0.750. The molecular formula is C12H23NOSi. The molecular weight excluding hydrogens is 202 g/mol. The SMILES string of the molecule is CCC[Si](CCC)(CCC)c1ncco1. The minimum Gasteiger partial charge on any atom is -0.454 e. The number of rotatable bonds is 7. The van der Waals surface area contributed by atoms with Crippen molar-refractivity contribution in [3.8, 4) is 0 Å². The summed E-state index contributed by atoms with van der Waals surface area (Å²) < 4.78 is 5.61. The molecule has 1 heterocycles. The van der Waals surface area contributed by atoms with E-state index in [-0.39, 0.29) is 0 Å². The second kappa shape index (κ2) is 6.11. The Kier molecular flexibility index (Phi) is 5.09. The summed E-state index contributed by atoms with van der Waals surface area (Å²) in [5.41, 5.74) is 1.09. The quantitative estimate of drug-likeness (QED) is 0.663. The number of aromatic nitrogens is 1. The standard InChI is InChI=1S/C12H23NOSi/c1-4-9-15(10-5-2,11-6-3)12-13-7-8-14-12/h7-8H,4-6,9-11H2,1-3H3. The van der Waals surface area contributed by atoms with Crippen molar-refractivity contribution >= 4 is 13.6 Å². The van der Waals surface area contributed by atoms with E-state index in [0.29, 0.717) is 0 Å². The first-order valence-corrected chi connectivity index (χ1v) is 8.81. The molecule has 0 atom stereocenters. The van der Waals surface area contributed by atoms with Gasteiger partial charge in [0.1, 0.15) is 6.26 Å². The van der Waals surface area contributed by atoms with Crippen molar-refractivity contribution in [1.82, 2.24) is 4.98 Å². The maximum Gasteiger partial charge on any atom is 0.166 e. The molecule has 1 aromatic heterocycles. The van der Waals surface area contributed by atoms with Crippen LogP contribution in [0.1, 0.15) is 40.0 Å². The summed E-state index contributed by atoms with van der Waals surface area (Å²) in [6, 6.07) is 3.99. The van der Waals surface area contributed by atoms with E-state index in [9.17, 15) is 0 Å². The van der Waals surface area contributed by atoms with E-state index in [1.165, 1.54) is 37.4 Å². The van der Waals surface area contributed by atoms with Crippen LogP contribution in [0.3, 0.4) is 0 Å². The Bertz CT molecular complexity index is 242. The van der Waals surface area contributed by atoms with Crippen LogP contribution >= 0.6 is 0 Å². The van der Waals surface area contributed by atoms with Crippen LogP contribution in [0.15, 0.2) is 16.9 Å². The zero-order valence-electron chi connectivity index (χ0n) is 10.3. The molecule has 0 spiro atoms. The second-order valence-electron chi connectivity index (χ2n) is 4.37. The molecule has 0 N–H and O–H groups in total. The topological polar surface area (TPSA) is 26.0 Å². The molecule has 0 radical (unpaired) electrons. The van der Waals surface area contributed by atoms with Gasteiger partial charge in [0, 0.05) is 0 Å². The molecule has 3 heteroatoms. The van der Waals surface area contributed by atoms with Gasteiger partial charge in [0.2, 0.25) is 0 Å². The Morgan fingerprint density at radius 2 is 1.60 bits per heavy atom. The number of hydrogen-bond acceptors (Lipinski definition) is 2. The highest BCUT2D eigenvalue weighted by Gasteiger charge is 2.36. The Labute approximate surface area is 94.1 Å². The highest BCUT2D eigenvalue weighted by atomic mass is 28.3. The summed E-state index contributed by atoms with van der Waals surface area (Å²) in [5, 5.41) is 0. The van der Waals surface area contributed by atoms with Gasteiger partial charge in [0.15, 0.2) is 13.6 Å². The lowest BCUT2D eigenvalue weighted by Crippen LogP contribution is -2.47. The first kappa shape index (κ1) is 12.5. The van der Waals surface area contributed by atoms with Crippen molar-refractivity contribution in [2.24, 2.45) is 0 Å². The fourth-order valence-corrected chi connectivity index (χ4v) is 7.55. The average molecular weight is 225 g/mol. The van der Waals surface area contributed by atoms with Crippen LogP contribution in [-0.2, 0) is 0 Å². The van der Waals surface area contributed by atoms with Crippen LogP contribution in [-0.4, -0.2) is 13.1 Å². The molecule has 0 fully saturated rings. The van der Waals surface area contributed by atoms with Crippen LogP contribution in [0.4, 0.5) is 0 Å². The molecule has 1 rings (SSSR count). The highest BCUT2D eigenvalue weighted by molar-refractivity contribution is 6.90. The third-order valence-electron chi connectivity index (χ3n) is 3.07. The van der Waals surface area contributed by atoms with Gasteiger partial charge >= 0.3 is 0 Å². The third-order valence-corrected chi connectivity index (χ3v) is 8.60. The normalized spacial score (nSPS) is 11.9. The summed E-state index contributed by atoms with van der Waals surface area (Å²) in [6.07, 6.45) is 7.31. The van der Waals surface area contributed by atoms with Gasteiger partial charge < -0.3 is 4.42 Å². The van der Waals surface area contributed by atoms with Crippen molar-refractivity contribution < 1.29 is 4.42 Å². The number of oxazole rings is 1. The van der Waals surface area contributed by atoms with Crippen molar-refractivity contribution in [2.75, 3.05) is 0 Å². The molecule has 0 aliphatic heterocycles. The number of nitrogens with zero attached hydrogens (tertiary/aromatic N) is 1. The van der Waals surface area contributed by atoms with Crippen molar-refractivity contribution in [2.45, 2.75) is 58.2 Å². The Balaban J connectivity index is 2.90. The monoisotopic (exact) mass is 225 g/mol. The van der Waals surface area contributed by atoms with Crippen LogP contribution in [0.25, 0.3) is 0 Å². The summed E-state index contributed by atoms with van der Waals surface area (Å²) >= 11 is 0. The van der Waals surface area contributed by atoms with Gasteiger partial charge in [-0.2, -0.15) is 0 Å². The summed E-state index contributed by atoms with van der Waals surface area (Å²) in [4.78, 5) is 4.44. The van der Waals surface area contributed by atoms with Gasteiger partial charge in [-0.05, 0) is 18.1 Å². The van der Waals surface area contributed by atoms with E-state index < -0.39 is 8.07 Å². The molecule has 0 aromatic carbocycles. The Hall–Kier alpha value is -0.573. The molecule has 0 saturated carbocycles. The van der Waals surface area contributed by atoms with Gasteiger partial charge in [-0.3, -0.25) is 0 Å². The molecule has 1 aromatic rings. The molecule has 0 bridgehead atoms. The van der Waals surface area contributed by atoms with E-state index in [2.05, 4.69) is 25.8 Å². The summed E-state index contributed by atoms with van der Waals surface area (Å²) in [6.45, 7) is 6.82. The van der Waals surface area contributed by atoms with Crippen LogP contribution in [0.2, 0.25) is 18.1 Å². The largest absolute Gasteiger partial charge is 0.454 e. The van der Waals surface area contributed by atoms with E-state index in [1.54, 1.807) is 12.5 Å². The fourth-order valence-electron chi connectivity index (χ4n) is 2.62. The Morgan fingerprint density at radius 3 is 1.93 bits per heavy atom. The van der Waals surface area contributed by atoms with Gasteiger partial charge in [-0.25, -0.2) is 4.98 Å². The lowest BCUT2D eigenvalue weighted by molar-refractivity contribution is 0.587. The molecule has 0 aliphatic rings. The summed E-state index contributed by atoms with van der Waals surface area (Å²) in [7, 11) is -1.40. The van der Waals surface area contributed by atoms with Crippen LogP contribution in [0.5, 0.6) is 0 Å². The minimum absolute atomic E-state index is 1.09. The summed E-state index contributed by atoms with van der Waals surface area (Å²) in [5.74, 6) is 0. The Morgan fingerprint density at radius 1 is 1.07 bits per heavy atom. The van der Waals surface area contributed by atoms with E-state index in [0.717, 1.165) is 5.51 Å². The van der Waals surface area contributed by atoms with E-state index >= 15 is 0 Å². The van der Waals surface area contributed by atoms with Crippen LogP contribution < -0.4 is 5.51 Å². The molecule has 86 valence electrons. The first-order chi connectivity index (χ1) is 7.29.